The van der Waals surface area contributed by atoms with E-state index in [0.29, 0.717) is 79.5 Å². The molecule has 8 heterocycles. The fraction of sp³-hybridized carbons (Fsp3) is 0.460. The van der Waals surface area contributed by atoms with Crippen LogP contribution in [0.5, 0.6) is 6.01 Å². The van der Waals surface area contributed by atoms with Crippen molar-refractivity contribution in [2.45, 2.75) is 128 Å². The number of aromatic nitrogens is 4. The van der Waals surface area contributed by atoms with Gasteiger partial charge < -0.3 is 59.2 Å². The predicted molar refractivity (Wildman–Crippen MR) is 312 cm³/mol. The molecule has 84 heavy (non-hydrogen) atoms. The molecule has 20 nitrogen and oxygen atoms in total. The summed E-state index contributed by atoms with van der Waals surface area (Å²) < 4.78 is 34.3. The van der Waals surface area contributed by atoms with Crippen LogP contribution in [-0.4, -0.2) is 135 Å². The van der Waals surface area contributed by atoms with Gasteiger partial charge in [0.15, 0.2) is 6.29 Å². The van der Waals surface area contributed by atoms with Crippen LogP contribution >= 0.6 is 0 Å². The van der Waals surface area contributed by atoms with Gasteiger partial charge in [-0.2, -0.15) is 15.2 Å². The smallest absolute Gasteiger partial charge is 0.407 e. The number of nitrogens with zero attached hydrogens (tertiary/aromatic N) is 9. The molecule has 1 aliphatic carbocycles. The molecule has 3 aromatic heterocycles. The summed E-state index contributed by atoms with van der Waals surface area (Å²) in [6.45, 7) is 13.0. The Kier molecular flexibility index (Phi) is 15.4. The standard InChI is InChI=1S/C63H70FN11O9/c1-6-63(81)45-27-51-56-43(30-75(51)59(78)44(45)34-82-60(63)79)55-47(18-17-41-37(4)46(64)28-48(68-56)54(41)55)67-52(76)16-9-22-66-62(80)84-32-36(3)58(77)74-26-25-73(29-39(74)19-21-65)57-42-20-24-72(50-15-8-13-38-12-7-11-35(2)53(38)50)31-49(42)69-61(70-57)83-33-40-14-10-23-71(40)5/h7-8,11-13,15,27-28,39-40,47,60,79,81H,3,6,9-10,14,16-20,22-26,29-34H2,1-2,4-5H3,(H,66,80)(H,67,76). The zero-order valence-electron chi connectivity index (χ0n) is 47.9. The number of halogens is 1. The number of amides is 3. The zero-order chi connectivity index (χ0) is 58.7. The first-order chi connectivity index (χ1) is 40.5. The molecule has 6 aromatic rings. The van der Waals surface area contributed by atoms with Gasteiger partial charge in [-0.05, 0) is 112 Å². The van der Waals surface area contributed by atoms with Crippen LogP contribution in [0.2, 0.25) is 0 Å². The first-order valence-electron chi connectivity index (χ1n) is 29.3. The largest absolute Gasteiger partial charge is 0.462 e. The Balaban J connectivity index is 0.670. The number of aliphatic hydroxyl groups is 2. The van der Waals surface area contributed by atoms with Crippen molar-refractivity contribution in [2.75, 3.05) is 69.3 Å². The number of piperazine rings is 1. The first-order valence-corrected chi connectivity index (χ1v) is 29.3. The van der Waals surface area contributed by atoms with Gasteiger partial charge in [-0.1, -0.05) is 43.8 Å². The van der Waals surface area contributed by atoms with Gasteiger partial charge in [-0.15, -0.1) is 0 Å². The number of hydrogen-bond donors (Lipinski definition) is 4. The minimum Gasteiger partial charge on any atom is -0.462 e. The molecule has 0 saturated carbocycles. The van der Waals surface area contributed by atoms with Crippen LogP contribution < -0.4 is 30.7 Å². The molecule has 12 rings (SSSR count). The lowest BCUT2D eigenvalue weighted by Gasteiger charge is -2.42. The van der Waals surface area contributed by atoms with Gasteiger partial charge in [-0.25, -0.2) is 14.2 Å². The van der Waals surface area contributed by atoms with Crippen molar-refractivity contribution in [1.82, 2.24) is 40.0 Å². The van der Waals surface area contributed by atoms with E-state index in [2.05, 4.69) is 88.4 Å². The van der Waals surface area contributed by atoms with Crippen molar-refractivity contribution in [1.29, 1.82) is 5.26 Å². The maximum absolute atomic E-state index is 15.5. The van der Waals surface area contributed by atoms with E-state index in [1.54, 1.807) is 29.4 Å². The number of hydrogen-bond acceptors (Lipinski definition) is 16. The van der Waals surface area contributed by atoms with Crippen molar-refractivity contribution < 1.29 is 43.2 Å². The monoisotopic (exact) mass is 1140 g/mol. The number of rotatable bonds is 15. The highest BCUT2D eigenvalue weighted by atomic mass is 19.1. The second-order valence-corrected chi connectivity index (χ2v) is 23.3. The Bertz CT molecular complexity index is 3780. The molecule has 0 spiro atoms. The third kappa shape index (κ3) is 10.2. The lowest BCUT2D eigenvalue weighted by molar-refractivity contribution is -0.236. The van der Waals surface area contributed by atoms with E-state index < -0.39 is 54.0 Å². The average molecular weight is 1140 g/mol. The summed E-state index contributed by atoms with van der Waals surface area (Å²) in [5.41, 5.74) is 6.54. The Morgan fingerprint density at radius 3 is 2.57 bits per heavy atom. The Labute approximate surface area is 485 Å². The van der Waals surface area contributed by atoms with Gasteiger partial charge >= 0.3 is 12.1 Å². The van der Waals surface area contributed by atoms with Crippen LogP contribution in [0.1, 0.15) is 108 Å². The summed E-state index contributed by atoms with van der Waals surface area (Å²) in [5.74, 6) is -0.382. The number of carbonyl (C=O) groups is 3. The summed E-state index contributed by atoms with van der Waals surface area (Å²) >= 11 is 0. The van der Waals surface area contributed by atoms with E-state index in [4.69, 9.17) is 29.2 Å². The molecule has 0 bridgehead atoms. The molecular formula is C63H70FN11O9. The fourth-order valence-electron chi connectivity index (χ4n) is 13.6. The number of nitrogens with one attached hydrogen (secondary N) is 2. The number of aryl methyl sites for hydroxylation is 2. The highest BCUT2D eigenvalue weighted by molar-refractivity contribution is 5.97. The average Bonchev–Trinajstić information content (AvgIpc) is 3.11. The molecule has 5 aliphatic heterocycles. The van der Waals surface area contributed by atoms with Crippen molar-refractivity contribution >= 4 is 51.1 Å². The number of ether oxygens (including phenoxy) is 3. The Hall–Kier alpha value is -8.03. The van der Waals surface area contributed by atoms with Crippen LogP contribution in [0.4, 0.5) is 20.7 Å². The van der Waals surface area contributed by atoms with Crippen LogP contribution in [-0.2, 0) is 57.2 Å². The number of pyridine rings is 2. The van der Waals surface area contributed by atoms with Crippen molar-refractivity contribution in [2.24, 2.45) is 0 Å². The van der Waals surface area contributed by atoms with Crippen molar-refractivity contribution in [3.05, 3.63) is 127 Å². The molecule has 6 aliphatic rings. The third-order valence-corrected chi connectivity index (χ3v) is 18.3. The number of fused-ring (bicyclic) bond motifs is 7. The minimum absolute atomic E-state index is 0.0395. The van der Waals surface area contributed by atoms with Crippen LogP contribution in [0.3, 0.4) is 0 Å². The molecule has 0 radical (unpaired) electrons. The molecule has 3 amide bonds. The van der Waals surface area contributed by atoms with E-state index in [-0.39, 0.29) is 80.6 Å². The SMILES string of the molecule is C=C(COC(=O)NCCCC(=O)NC1CCc2c(C)c(F)cc3nc4c(c1c23)Cn1c-4cc2c(c1=O)COC(O)C2(O)CC)C(=O)N1CCN(c2nc(OCC3CCCN3C)nc3c2CCN(c2cccc4cccc(C)c24)C3)CC1CC#N. The number of likely N-dealkylation sites (N-methyl/N-ethyl adjacent to an activating group) is 1. The molecule has 3 aromatic carbocycles. The second kappa shape index (κ2) is 22.9. The highest BCUT2D eigenvalue weighted by Gasteiger charge is 2.45. The number of aliphatic hydroxyl groups excluding tert-OH is 1. The molecule has 2 saturated heterocycles. The lowest BCUT2D eigenvalue weighted by Crippen LogP contribution is -2.56. The Morgan fingerprint density at radius 1 is 0.964 bits per heavy atom. The number of likely N-dealkylation sites (tertiary alicyclic amines) is 1. The third-order valence-electron chi connectivity index (χ3n) is 18.3. The molecule has 2 fully saturated rings. The second-order valence-electron chi connectivity index (χ2n) is 23.3. The molecule has 5 atom stereocenters. The van der Waals surface area contributed by atoms with E-state index in [9.17, 15) is 34.7 Å². The summed E-state index contributed by atoms with van der Waals surface area (Å²) in [7, 11) is 2.11. The molecule has 21 heteroatoms. The maximum Gasteiger partial charge on any atom is 0.407 e. The predicted octanol–water partition coefficient (Wildman–Crippen LogP) is 6.40. The van der Waals surface area contributed by atoms with E-state index >= 15 is 4.39 Å². The lowest BCUT2D eigenvalue weighted by atomic mass is 9.81. The van der Waals surface area contributed by atoms with Gasteiger partial charge in [0.1, 0.15) is 30.4 Å². The Morgan fingerprint density at radius 2 is 1.79 bits per heavy atom. The number of anilines is 2. The van der Waals surface area contributed by atoms with Crippen LogP contribution in [0.25, 0.3) is 33.1 Å². The fourth-order valence-corrected chi connectivity index (χ4v) is 13.6. The van der Waals surface area contributed by atoms with Gasteiger partial charge in [0.05, 0.1) is 66.9 Å². The summed E-state index contributed by atoms with van der Waals surface area (Å²) in [5, 5.41) is 41.2. The summed E-state index contributed by atoms with van der Waals surface area (Å²) in [4.78, 5) is 78.4. The first kappa shape index (κ1) is 56.5. The van der Waals surface area contributed by atoms with E-state index in [1.807, 2.05) is 0 Å². The maximum atomic E-state index is 15.5. The molecule has 5 unspecified atom stereocenters. The molecular weight excluding hydrogens is 1070 g/mol. The topological polar surface area (TPSA) is 241 Å². The van der Waals surface area contributed by atoms with Gasteiger partial charge in [-0.3, -0.25) is 14.4 Å². The van der Waals surface area contributed by atoms with Gasteiger partial charge in [0.2, 0.25) is 5.91 Å². The molecule has 438 valence electrons. The number of alkyl carbamates (subject to hydrolysis) is 1. The van der Waals surface area contributed by atoms with Gasteiger partial charge in [0.25, 0.3) is 11.5 Å². The van der Waals surface area contributed by atoms with Gasteiger partial charge in [0, 0.05) is 95.5 Å². The summed E-state index contributed by atoms with van der Waals surface area (Å²) in [6.07, 6.45) is 1.83. The van der Waals surface area contributed by atoms with Crippen LogP contribution in [0.15, 0.2) is 65.5 Å². The van der Waals surface area contributed by atoms with E-state index in [0.717, 1.165) is 65.2 Å². The van der Waals surface area contributed by atoms with Crippen molar-refractivity contribution in [3.63, 3.8) is 0 Å². The van der Waals surface area contributed by atoms with E-state index in [1.165, 1.54) is 22.4 Å². The number of nitriles is 1. The minimum atomic E-state index is -1.83. The highest BCUT2D eigenvalue weighted by Crippen LogP contribution is 2.47. The van der Waals surface area contributed by atoms with Crippen LogP contribution in [0, 0.1) is 31.0 Å². The number of benzene rings is 3. The molecule has 4 N–H and O–H groups in total. The zero-order valence-corrected chi connectivity index (χ0v) is 47.9. The van der Waals surface area contributed by atoms with Crippen molar-refractivity contribution in [3.8, 4) is 23.5 Å². The quantitative estimate of drug-likeness (QED) is 0.0641. The normalized spacial score (nSPS) is 21.6. The number of carbonyl (C=O) groups excluding carboxylic acids is 3. The summed E-state index contributed by atoms with van der Waals surface area (Å²) in [6, 6.07) is 17.6.